The second-order valence-corrected chi connectivity index (χ2v) is 8.71. The monoisotopic (exact) mass is 354 g/mol. The number of amides is 1. The standard InChI is InChI=1S/C19H34N2O4/c1-18(2,3)25-17(22)21-11-7-15(14-21)6-10-20-16-4-8-19(9-5-16)23-12-13-24-19/h15-16,20H,4-14H2,1-3H3. The summed E-state index contributed by atoms with van der Waals surface area (Å²) in [6.45, 7) is 9.90. The Bertz CT molecular complexity index is 447. The van der Waals surface area contributed by atoms with E-state index >= 15 is 0 Å². The predicted octanol–water partition coefficient (Wildman–Crippen LogP) is 2.91. The average molecular weight is 354 g/mol. The van der Waals surface area contributed by atoms with E-state index in [0.29, 0.717) is 12.0 Å². The van der Waals surface area contributed by atoms with Gasteiger partial charge in [0.2, 0.25) is 0 Å². The third-order valence-electron chi connectivity index (χ3n) is 5.48. The molecule has 1 amide bonds. The van der Waals surface area contributed by atoms with Gasteiger partial charge in [-0.05, 0) is 58.9 Å². The van der Waals surface area contributed by atoms with Crippen molar-refractivity contribution in [2.45, 2.75) is 76.7 Å². The van der Waals surface area contributed by atoms with Crippen molar-refractivity contribution in [2.75, 3.05) is 32.8 Å². The molecule has 3 fully saturated rings. The summed E-state index contributed by atoms with van der Waals surface area (Å²) in [5.41, 5.74) is -0.415. The van der Waals surface area contributed by atoms with Gasteiger partial charge in [0.25, 0.3) is 0 Å². The van der Waals surface area contributed by atoms with Gasteiger partial charge in [-0.2, -0.15) is 0 Å². The highest BCUT2D eigenvalue weighted by Gasteiger charge is 2.40. The van der Waals surface area contributed by atoms with Crippen molar-refractivity contribution in [1.82, 2.24) is 10.2 Å². The number of nitrogens with zero attached hydrogens (tertiary/aromatic N) is 1. The van der Waals surface area contributed by atoms with Crippen LogP contribution in [0.25, 0.3) is 0 Å². The SMILES string of the molecule is CC(C)(C)OC(=O)N1CCC(CCNC2CCC3(CC2)OCCO3)C1. The molecule has 1 N–H and O–H groups in total. The average Bonchev–Trinajstić information content (AvgIpc) is 3.18. The van der Waals surface area contributed by atoms with E-state index in [1.165, 1.54) is 0 Å². The Hall–Kier alpha value is -0.850. The van der Waals surface area contributed by atoms with Crippen molar-refractivity contribution in [3.05, 3.63) is 0 Å². The van der Waals surface area contributed by atoms with Gasteiger partial charge in [-0.25, -0.2) is 4.79 Å². The Morgan fingerprint density at radius 3 is 2.52 bits per heavy atom. The number of carbonyl (C=O) groups excluding carboxylic acids is 1. The number of hydrogen-bond acceptors (Lipinski definition) is 5. The van der Waals surface area contributed by atoms with Crippen LogP contribution in [-0.2, 0) is 14.2 Å². The number of carbonyl (C=O) groups is 1. The van der Waals surface area contributed by atoms with Crippen LogP contribution >= 0.6 is 0 Å². The lowest BCUT2D eigenvalue weighted by Crippen LogP contribution is -2.42. The van der Waals surface area contributed by atoms with Gasteiger partial charge in [0.1, 0.15) is 5.60 Å². The minimum absolute atomic E-state index is 0.169. The molecule has 0 bridgehead atoms. The molecule has 1 atom stereocenters. The molecule has 2 aliphatic heterocycles. The largest absolute Gasteiger partial charge is 0.444 e. The second-order valence-electron chi connectivity index (χ2n) is 8.71. The lowest BCUT2D eigenvalue weighted by molar-refractivity contribution is -0.179. The summed E-state index contributed by atoms with van der Waals surface area (Å²) in [7, 11) is 0. The van der Waals surface area contributed by atoms with Crippen molar-refractivity contribution in [3.63, 3.8) is 0 Å². The molecule has 1 spiro atoms. The fourth-order valence-electron chi connectivity index (χ4n) is 4.10. The molecule has 1 aliphatic carbocycles. The van der Waals surface area contributed by atoms with E-state index in [9.17, 15) is 4.79 Å². The highest BCUT2D eigenvalue weighted by molar-refractivity contribution is 5.68. The van der Waals surface area contributed by atoms with Crippen LogP contribution in [0.3, 0.4) is 0 Å². The minimum atomic E-state index is -0.415. The van der Waals surface area contributed by atoms with Crippen molar-refractivity contribution in [2.24, 2.45) is 5.92 Å². The molecule has 1 unspecified atom stereocenters. The lowest BCUT2D eigenvalue weighted by Gasteiger charge is -2.35. The number of ether oxygens (including phenoxy) is 3. The molecule has 3 rings (SSSR count). The van der Waals surface area contributed by atoms with Gasteiger partial charge in [0.15, 0.2) is 5.79 Å². The Kier molecular flexibility index (Phi) is 5.91. The second kappa shape index (κ2) is 7.80. The summed E-state index contributed by atoms with van der Waals surface area (Å²) in [5.74, 6) is 0.314. The smallest absolute Gasteiger partial charge is 0.410 e. The molecule has 0 aromatic heterocycles. The predicted molar refractivity (Wildman–Crippen MR) is 95.4 cm³/mol. The molecule has 144 valence electrons. The zero-order chi connectivity index (χ0) is 17.9. The topological polar surface area (TPSA) is 60.0 Å². The summed E-state index contributed by atoms with van der Waals surface area (Å²) in [5, 5.41) is 3.69. The quantitative estimate of drug-likeness (QED) is 0.841. The summed E-state index contributed by atoms with van der Waals surface area (Å²) >= 11 is 0. The van der Waals surface area contributed by atoms with Crippen molar-refractivity contribution >= 4 is 6.09 Å². The van der Waals surface area contributed by atoms with Crippen LogP contribution < -0.4 is 5.32 Å². The minimum Gasteiger partial charge on any atom is -0.444 e. The molecule has 25 heavy (non-hydrogen) atoms. The van der Waals surface area contributed by atoms with Gasteiger partial charge >= 0.3 is 6.09 Å². The molecule has 3 aliphatic rings. The van der Waals surface area contributed by atoms with Gasteiger partial charge in [-0.15, -0.1) is 0 Å². The molecule has 0 aromatic carbocycles. The molecule has 0 aromatic rings. The van der Waals surface area contributed by atoms with Crippen LogP contribution in [-0.4, -0.2) is 61.3 Å². The summed E-state index contributed by atoms with van der Waals surface area (Å²) < 4.78 is 17.0. The van der Waals surface area contributed by atoms with Crippen LogP contribution in [0.1, 0.15) is 59.3 Å². The first-order valence-electron chi connectivity index (χ1n) is 9.84. The van der Waals surface area contributed by atoms with Gasteiger partial charge in [0.05, 0.1) is 13.2 Å². The highest BCUT2D eigenvalue weighted by Crippen LogP contribution is 2.35. The van der Waals surface area contributed by atoms with Crippen molar-refractivity contribution in [1.29, 1.82) is 0 Å². The molecule has 0 radical (unpaired) electrons. The van der Waals surface area contributed by atoms with Crippen LogP contribution in [0.5, 0.6) is 0 Å². The number of rotatable bonds is 4. The van der Waals surface area contributed by atoms with Gasteiger partial charge in [0, 0.05) is 32.0 Å². The molecule has 6 nitrogen and oxygen atoms in total. The maximum atomic E-state index is 12.1. The van der Waals surface area contributed by atoms with E-state index in [1.807, 2.05) is 25.7 Å². The Morgan fingerprint density at radius 2 is 1.88 bits per heavy atom. The van der Waals surface area contributed by atoms with Gasteiger partial charge < -0.3 is 24.4 Å². The Morgan fingerprint density at radius 1 is 1.20 bits per heavy atom. The highest BCUT2D eigenvalue weighted by atomic mass is 16.7. The first-order chi connectivity index (χ1) is 11.9. The van der Waals surface area contributed by atoms with E-state index < -0.39 is 5.60 Å². The molecule has 6 heteroatoms. The number of hydrogen-bond donors (Lipinski definition) is 1. The van der Waals surface area contributed by atoms with Crippen LogP contribution in [0, 0.1) is 5.92 Å². The zero-order valence-electron chi connectivity index (χ0n) is 16.0. The van der Waals surface area contributed by atoms with E-state index in [1.54, 1.807) is 0 Å². The molecular weight excluding hydrogens is 320 g/mol. The summed E-state index contributed by atoms with van der Waals surface area (Å²) in [4.78, 5) is 14.0. The van der Waals surface area contributed by atoms with Crippen LogP contribution in [0.4, 0.5) is 4.79 Å². The third kappa shape index (κ3) is 5.31. The zero-order valence-corrected chi connectivity index (χ0v) is 16.0. The van der Waals surface area contributed by atoms with E-state index in [-0.39, 0.29) is 11.9 Å². The maximum Gasteiger partial charge on any atom is 0.410 e. The first kappa shape index (κ1) is 18.9. The molecular formula is C19H34N2O4. The normalized spacial score (nSPS) is 27.2. The number of likely N-dealkylation sites (tertiary alicyclic amines) is 1. The fraction of sp³-hybridized carbons (Fsp3) is 0.947. The van der Waals surface area contributed by atoms with E-state index in [0.717, 1.165) is 71.4 Å². The molecule has 2 heterocycles. The van der Waals surface area contributed by atoms with Gasteiger partial charge in [-0.3, -0.25) is 0 Å². The Balaban J connectivity index is 1.30. The van der Waals surface area contributed by atoms with E-state index in [2.05, 4.69) is 5.32 Å². The summed E-state index contributed by atoms with van der Waals surface area (Å²) in [6, 6.07) is 0.571. The van der Waals surface area contributed by atoms with E-state index in [4.69, 9.17) is 14.2 Å². The van der Waals surface area contributed by atoms with Crippen molar-refractivity contribution < 1.29 is 19.0 Å². The first-order valence-corrected chi connectivity index (χ1v) is 9.84. The van der Waals surface area contributed by atoms with Crippen LogP contribution in [0.2, 0.25) is 0 Å². The third-order valence-corrected chi connectivity index (χ3v) is 5.48. The fourth-order valence-corrected chi connectivity index (χ4v) is 4.10. The molecule has 2 saturated heterocycles. The van der Waals surface area contributed by atoms with Crippen LogP contribution in [0.15, 0.2) is 0 Å². The van der Waals surface area contributed by atoms with Crippen molar-refractivity contribution in [3.8, 4) is 0 Å². The Labute approximate surface area is 151 Å². The maximum absolute atomic E-state index is 12.1. The molecule has 1 saturated carbocycles. The lowest BCUT2D eigenvalue weighted by atomic mass is 9.90. The summed E-state index contributed by atoms with van der Waals surface area (Å²) in [6.07, 6.45) is 6.27. The number of nitrogens with one attached hydrogen (secondary N) is 1. The van der Waals surface area contributed by atoms with Gasteiger partial charge in [-0.1, -0.05) is 0 Å².